The number of hydrogen-bond acceptors (Lipinski definition) is 8. The minimum Gasteiger partial charge on any atom is -0.497 e. The Bertz CT molecular complexity index is 1380. The fraction of sp³-hybridized carbons (Fsp3) is 0.154. The highest BCUT2D eigenvalue weighted by atomic mass is 16.5. The summed E-state index contributed by atoms with van der Waals surface area (Å²) in [6.45, 7) is 1.39. The van der Waals surface area contributed by atoms with Crippen LogP contribution in [0.2, 0.25) is 0 Å². The molecule has 9 nitrogen and oxygen atoms in total. The van der Waals surface area contributed by atoms with E-state index in [-0.39, 0.29) is 39.3 Å². The van der Waals surface area contributed by atoms with E-state index < -0.39 is 23.8 Å². The van der Waals surface area contributed by atoms with Crippen LogP contribution in [-0.2, 0) is 9.53 Å². The van der Waals surface area contributed by atoms with Gasteiger partial charge in [0.15, 0.2) is 17.7 Å². The molecule has 35 heavy (non-hydrogen) atoms. The lowest BCUT2D eigenvalue weighted by atomic mass is 9.82. The maximum Gasteiger partial charge on any atom is 0.341 e. The van der Waals surface area contributed by atoms with Gasteiger partial charge < -0.3 is 25.3 Å². The highest BCUT2D eigenvalue weighted by molar-refractivity contribution is 6.30. The van der Waals surface area contributed by atoms with Gasteiger partial charge in [-0.1, -0.05) is 24.3 Å². The van der Waals surface area contributed by atoms with Crippen molar-refractivity contribution in [2.45, 2.75) is 13.0 Å². The molecule has 4 rings (SSSR count). The first-order chi connectivity index (χ1) is 16.8. The predicted octanol–water partition coefficient (Wildman–Crippen LogP) is 3.25. The van der Waals surface area contributed by atoms with Gasteiger partial charge in [-0.25, -0.2) is 4.79 Å². The van der Waals surface area contributed by atoms with Crippen molar-refractivity contribution in [3.8, 4) is 11.5 Å². The Hall–Kier alpha value is -4.66. The Kier molecular flexibility index (Phi) is 6.24. The number of rotatable bonds is 6. The number of ether oxygens (including phenoxy) is 3. The van der Waals surface area contributed by atoms with Crippen molar-refractivity contribution in [2.24, 2.45) is 0 Å². The number of nitrogens with two attached hydrogens (primary N) is 1. The van der Waals surface area contributed by atoms with Crippen molar-refractivity contribution < 1.29 is 33.4 Å². The molecule has 1 unspecified atom stereocenters. The van der Waals surface area contributed by atoms with E-state index in [2.05, 4.69) is 5.32 Å². The maximum atomic E-state index is 13.0. The van der Waals surface area contributed by atoms with Crippen LogP contribution < -0.4 is 20.5 Å². The van der Waals surface area contributed by atoms with Crippen molar-refractivity contribution in [1.29, 1.82) is 0 Å². The number of ketones is 2. The minimum absolute atomic E-state index is 0.0543. The summed E-state index contributed by atoms with van der Waals surface area (Å²) in [6, 6.07) is 13.9. The van der Waals surface area contributed by atoms with E-state index in [1.807, 2.05) is 0 Å². The molecule has 3 N–H and O–H groups in total. The molecule has 0 saturated carbocycles. The summed E-state index contributed by atoms with van der Waals surface area (Å²) in [7, 11) is 2.93. The fourth-order valence-electron chi connectivity index (χ4n) is 3.81. The van der Waals surface area contributed by atoms with E-state index in [4.69, 9.17) is 19.9 Å². The number of amides is 1. The first-order valence-electron chi connectivity index (χ1n) is 10.6. The largest absolute Gasteiger partial charge is 0.497 e. The van der Waals surface area contributed by atoms with Crippen LogP contribution in [0.25, 0.3) is 0 Å². The molecule has 3 aromatic carbocycles. The van der Waals surface area contributed by atoms with Crippen molar-refractivity contribution >= 4 is 34.8 Å². The molecule has 0 saturated heterocycles. The van der Waals surface area contributed by atoms with Crippen LogP contribution >= 0.6 is 0 Å². The molecule has 1 atom stereocenters. The highest BCUT2D eigenvalue weighted by Gasteiger charge is 2.33. The molecular formula is C26H22N2O7. The molecule has 3 aromatic rings. The van der Waals surface area contributed by atoms with Crippen LogP contribution in [0.15, 0.2) is 54.6 Å². The minimum atomic E-state index is -1.22. The van der Waals surface area contributed by atoms with Crippen LogP contribution in [0.4, 0.5) is 11.4 Å². The lowest BCUT2D eigenvalue weighted by Crippen LogP contribution is -2.31. The number of carbonyl (C=O) groups is 4. The number of nitrogens with one attached hydrogen (secondary N) is 1. The smallest absolute Gasteiger partial charge is 0.341 e. The van der Waals surface area contributed by atoms with Crippen molar-refractivity contribution in [3.05, 3.63) is 82.4 Å². The first kappa shape index (κ1) is 23.5. The molecule has 1 aliphatic rings. The van der Waals surface area contributed by atoms with Gasteiger partial charge in [0.1, 0.15) is 11.5 Å². The second kappa shape index (κ2) is 9.30. The van der Waals surface area contributed by atoms with Crippen LogP contribution in [-0.4, -0.2) is 43.8 Å². The Morgan fingerprint density at radius 1 is 0.886 bits per heavy atom. The van der Waals surface area contributed by atoms with Gasteiger partial charge >= 0.3 is 5.97 Å². The second-order valence-corrected chi connectivity index (χ2v) is 7.76. The van der Waals surface area contributed by atoms with Gasteiger partial charge in [0.25, 0.3) is 5.91 Å². The van der Waals surface area contributed by atoms with E-state index in [1.54, 1.807) is 36.4 Å². The standard InChI is InChI=1S/C26H22N2O7/c1-13(25(31)28-19-12-14(33-2)8-11-20(19)34-3)35-26(32)18-10-9-17-21(22(18)27)24(30)16-7-5-4-6-15(16)23(17)29/h4-13H,27H2,1-3H3,(H,28,31). The van der Waals surface area contributed by atoms with E-state index in [9.17, 15) is 19.2 Å². The number of carbonyl (C=O) groups excluding carboxylic acids is 4. The second-order valence-electron chi connectivity index (χ2n) is 7.76. The number of fused-ring (bicyclic) bond motifs is 2. The third-order valence-corrected chi connectivity index (χ3v) is 5.67. The molecule has 0 spiro atoms. The molecule has 0 radical (unpaired) electrons. The molecule has 0 aliphatic heterocycles. The number of anilines is 2. The average Bonchev–Trinajstić information content (AvgIpc) is 2.86. The summed E-state index contributed by atoms with van der Waals surface area (Å²) in [4.78, 5) is 51.4. The summed E-state index contributed by atoms with van der Waals surface area (Å²) in [5.74, 6) is -1.47. The average molecular weight is 474 g/mol. The lowest BCUT2D eigenvalue weighted by Gasteiger charge is -2.21. The van der Waals surface area contributed by atoms with Gasteiger partial charge in [-0.15, -0.1) is 0 Å². The monoisotopic (exact) mass is 474 g/mol. The van der Waals surface area contributed by atoms with Crippen LogP contribution in [0.3, 0.4) is 0 Å². The SMILES string of the molecule is COc1ccc(OC)c(NC(=O)C(C)OC(=O)c2ccc3c(c2N)C(=O)c2ccccc2C3=O)c1. The fourth-order valence-corrected chi connectivity index (χ4v) is 3.81. The Labute approximate surface area is 200 Å². The summed E-state index contributed by atoms with van der Waals surface area (Å²) in [5, 5.41) is 2.63. The zero-order valence-corrected chi connectivity index (χ0v) is 19.2. The first-order valence-corrected chi connectivity index (χ1v) is 10.6. The van der Waals surface area contributed by atoms with E-state index in [0.717, 1.165) is 0 Å². The molecular weight excluding hydrogens is 452 g/mol. The Morgan fingerprint density at radius 3 is 2.23 bits per heavy atom. The zero-order valence-electron chi connectivity index (χ0n) is 19.2. The van der Waals surface area contributed by atoms with Crippen molar-refractivity contribution in [3.63, 3.8) is 0 Å². The third kappa shape index (κ3) is 4.19. The van der Waals surface area contributed by atoms with Gasteiger partial charge in [0, 0.05) is 22.8 Å². The van der Waals surface area contributed by atoms with E-state index in [0.29, 0.717) is 17.2 Å². The quantitative estimate of drug-likeness (QED) is 0.321. The number of nitrogen functional groups attached to an aromatic ring is 1. The van der Waals surface area contributed by atoms with Crippen molar-refractivity contribution in [1.82, 2.24) is 0 Å². The molecule has 178 valence electrons. The molecule has 1 aliphatic carbocycles. The van der Waals surface area contributed by atoms with E-state index in [1.165, 1.54) is 39.3 Å². The van der Waals surface area contributed by atoms with Gasteiger partial charge in [0.2, 0.25) is 0 Å². The van der Waals surface area contributed by atoms with Crippen LogP contribution in [0.1, 0.15) is 49.1 Å². The highest BCUT2D eigenvalue weighted by Crippen LogP contribution is 2.33. The number of hydrogen-bond donors (Lipinski definition) is 2. The zero-order chi connectivity index (χ0) is 25.3. The van der Waals surface area contributed by atoms with Crippen LogP contribution in [0.5, 0.6) is 11.5 Å². The third-order valence-electron chi connectivity index (χ3n) is 5.67. The normalized spacial score (nSPS) is 12.8. The molecule has 1 amide bonds. The van der Waals surface area contributed by atoms with Gasteiger partial charge in [-0.3, -0.25) is 14.4 Å². The van der Waals surface area contributed by atoms with Crippen LogP contribution in [0, 0.1) is 0 Å². The van der Waals surface area contributed by atoms with E-state index >= 15 is 0 Å². The maximum absolute atomic E-state index is 13.0. The molecule has 0 bridgehead atoms. The Morgan fingerprint density at radius 2 is 1.57 bits per heavy atom. The molecule has 0 heterocycles. The number of methoxy groups -OCH3 is 2. The topological polar surface area (TPSA) is 134 Å². The van der Waals surface area contributed by atoms with Crippen molar-refractivity contribution in [2.75, 3.05) is 25.3 Å². The van der Waals surface area contributed by atoms with Gasteiger partial charge in [0.05, 0.1) is 36.7 Å². The molecule has 0 fully saturated rings. The van der Waals surface area contributed by atoms with Gasteiger partial charge in [-0.2, -0.15) is 0 Å². The summed E-state index contributed by atoms with van der Waals surface area (Å²) in [5.41, 5.74) is 6.73. The lowest BCUT2D eigenvalue weighted by molar-refractivity contribution is -0.123. The number of esters is 1. The molecule has 9 heteroatoms. The van der Waals surface area contributed by atoms with Gasteiger partial charge in [-0.05, 0) is 31.2 Å². The molecule has 0 aromatic heterocycles. The summed E-state index contributed by atoms with van der Waals surface area (Å²) in [6.07, 6.45) is -1.22. The summed E-state index contributed by atoms with van der Waals surface area (Å²) < 4.78 is 15.7. The summed E-state index contributed by atoms with van der Waals surface area (Å²) >= 11 is 0. The number of benzene rings is 3. The Balaban J connectivity index is 1.56. The predicted molar refractivity (Wildman–Crippen MR) is 127 cm³/mol.